The Balaban J connectivity index is 1.46. The minimum atomic E-state index is 0.804. The smallest absolute Gasteiger partial charge is 0.174 e. The fraction of sp³-hybridized carbons (Fsp3) is 0.500. The monoisotopic (exact) mass is 360 g/mol. The van der Waals surface area contributed by atoms with Crippen LogP contribution in [0.3, 0.4) is 0 Å². The highest BCUT2D eigenvalue weighted by Gasteiger charge is 2.24. The molecule has 0 unspecified atom stereocenters. The molecule has 25 heavy (non-hydrogen) atoms. The van der Waals surface area contributed by atoms with Crippen LogP contribution in [-0.4, -0.2) is 62.6 Å². The van der Waals surface area contributed by atoms with Gasteiger partial charge in [-0.05, 0) is 24.6 Å². The average molecular weight is 361 g/mol. The summed E-state index contributed by atoms with van der Waals surface area (Å²) in [5.41, 5.74) is 3.76. The van der Waals surface area contributed by atoms with Crippen LogP contribution >= 0.6 is 11.6 Å². The molecule has 2 saturated heterocycles. The molecule has 3 heterocycles. The van der Waals surface area contributed by atoms with Crippen LogP contribution < -0.4 is 20.0 Å². The first-order valence-corrected chi connectivity index (χ1v) is 9.35. The zero-order valence-electron chi connectivity index (χ0n) is 14.6. The molecule has 0 spiro atoms. The maximum atomic E-state index is 6.19. The van der Waals surface area contributed by atoms with Gasteiger partial charge in [0.25, 0.3) is 0 Å². The number of H-pyrrole nitrogens is 1. The van der Waals surface area contributed by atoms with Gasteiger partial charge in [0.15, 0.2) is 5.82 Å². The maximum Gasteiger partial charge on any atom is 0.174 e. The van der Waals surface area contributed by atoms with Gasteiger partial charge >= 0.3 is 0 Å². The fourth-order valence-electron chi connectivity index (χ4n) is 3.73. The number of nitrogens with one attached hydrogen (secondary N) is 2. The molecule has 6 nitrogen and oxygen atoms in total. The number of aromatic amines is 1. The number of nitrogens with zero attached hydrogens (tertiary/aromatic N) is 4. The normalized spacial score (nSPS) is 18.7. The fourth-order valence-corrected chi connectivity index (χ4v) is 3.90. The van der Waals surface area contributed by atoms with Crippen molar-refractivity contribution in [2.75, 3.05) is 67.1 Å². The second kappa shape index (κ2) is 7.14. The van der Waals surface area contributed by atoms with Crippen molar-refractivity contribution in [3.63, 3.8) is 0 Å². The third-order valence-corrected chi connectivity index (χ3v) is 5.38. The quantitative estimate of drug-likeness (QED) is 0.878. The van der Waals surface area contributed by atoms with Crippen LogP contribution in [-0.2, 0) is 0 Å². The lowest BCUT2D eigenvalue weighted by molar-refractivity contribution is 0.582. The van der Waals surface area contributed by atoms with Gasteiger partial charge in [-0.1, -0.05) is 17.7 Å². The molecule has 7 heteroatoms. The number of benzene rings is 1. The second-order valence-electron chi connectivity index (χ2n) is 6.74. The summed E-state index contributed by atoms with van der Waals surface area (Å²) in [6.45, 7) is 10.2. The highest BCUT2D eigenvalue weighted by Crippen LogP contribution is 2.30. The maximum absolute atomic E-state index is 6.19. The Labute approximate surface area is 153 Å². The van der Waals surface area contributed by atoms with Crippen molar-refractivity contribution in [3.8, 4) is 0 Å². The summed E-state index contributed by atoms with van der Waals surface area (Å²) < 4.78 is 0. The summed E-state index contributed by atoms with van der Waals surface area (Å²) >= 11 is 6.19. The Morgan fingerprint density at radius 1 is 0.920 bits per heavy atom. The third kappa shape index (κ3) is 3.41. The van der Waals surface area contributed by atoms with Crippen LogP contribution in [0, 0.1) is 6.92 Å². The van der Waals surface area contributed by atoms with Gasteiger partial charge in [0.05, 0.1) is 5.69 Å². The van der Waals surface area contributed by atoms with Crippen molar-refractivity contribution in [1.82, 2.24) is 15.5 Å². The van der Waals surface area contributed by atoms with Gasteiger partial charge in [-0.2, -0.15) is 5.10 Å². The summed E-state index contributed by atoms with van der Waals surface area (Å²) in [7, 11) is 0. The molecule has 2 aliphatic heterocycles. The Morgan fingerprint density at radius 3 is 2.32 bits per heavy atom. The lowest BCUT2D eigenvalue weighted by Crippen LogP contribution is -2.48. The molecule has 134 valence electrons. The van der Waals surface area contributed by atoms with Crippen LogP contribution in [0.5, 0.6) is 0 Å². The van der Waals surface area contributed by atoms with Crippen molar-refractivity contribution in [3.05, 3.63) is 35.0 Å². The first-order valence-electron chi connectivity index (χ1n) is 8.98. The number of hydrogen-bond donors (Lipinski definition) is 2. The van der Waals surface area contributed by atoms with E-state index in [0.717, 1.165) is 63.2 Å². The zero-order valence-corrected chi connectivity index (χ0v) is 15.4. The Morgan fingerprint density at radius 2 is 1.60 bits per heavy atom. The van der Waals surface area contributed by atoms with Crippen molar-refractivity contribution in [1.29, 1.82) is 0 Å². The molecule has 2 aromatic rings. The number of piperazine rings is 2. The van der Waals surface area contributed by atoms with E-state index in [-0.39, 0.29) is 0 Å². The minimum Gasteiger partial charge on any atom is -0.368 e. The molecule has 2 fully saturated rings. The molecule has 0 atom stereocenters. The molecule has 1 aromatic heterocycles. The first-order chi connectivity index (χ1) is 12.2. The van der Waals surface area contributed by atoms with Gasteiger partial charge < -0.3 is 20.0 Å². The molecular formula is C18H25ClN6. The van der Waals surface area contributed by atoms with Crippen molar-refractivity contribution < 1.29 is 0 Å². The Kier molecular flexibility index (Phi) is 4.72. The number of aryl methyl sites for hydroxylation is 1. The highest BCUT2D eigenvalue weighted by molar-refractivity contribution is 6.30. The summed E-state index contributed by atoms with van der Waals surface area (Å²) in [4.78, 5) is 7.25. The van der Waals surface area contributed by atoms with E-state index < -0.39 is 0 Å². The van der Waals surface area contributed by atoms with E-state index in [4.69, 9.17) is 11.6 Å². The molecule has 0 amide bonds. The van der Waals surface area contributed by atoms with E-state index in [1.54, 1.807) is 0 Å². The molecular weight excluding hydrogens is 336 g/mol. The van der Waals surface area contributed by atoms with Gasteiger partial charge in [0.1, 0.15) is 0 Å². The van der Waals surface area contributed by atoms with Crippen LogP contribution in [0.1, 0.15) is 5.56 Å². The van der Waals surface area contributed by atoms with Crippen LogP contribution in [0.4, 0.5) is 17.2 Å². The predicted molar refractivity (Wildman–Crippen MR) is 104 cm³/mol. The molecule has 0 aliphatic carbocycles. The zero-order chi connectivity index (χ0) is 17.2. The SMILES string of the molecule is Cc1ccc(Cl)cc1N1CCN(c2c[nH]nc2N2CCNCC2)CC1. The number of halogens is 1. The van der Waals surface area contributed by atoms with E-state index in [1.165, 1.54) is 16.9 Å². The molecule has 0 saturated carbocycles. The van der Waals surface area contributed by atoms with Crippen LogP contribution in [0.25, 0.3) is 0 Å². The van der Waals surface area contributed by atoms with E-state index in [9.17, 15) is 0 Å². The van der Waals surface area contributed by atoms with Crippen LogP contribution in [0.15, 0.2) is 24.4 Å². The van der Waals surface area contributed by atoms with E-state index >= 15 is 0 Å². The van der Waals surface area contributed by atoms with Gasteiger partial charge in [-0.3, -0.25) is 5.10 Å². The Bertz CT molecular complexity index is 716. The van der Waals surface area contributed by atoms with Gasteiger partial charge in [0.2, 0.25) is 0 Å². The number of aromatic nitrogens is 2. The number of rotatable bonds is 3. The topological polar surface area (TPSA) is 50.4 Å². The summed E-state index contributed by atoms with van der Waals surface area (Å²) in [5, 5.41) is 11.8. The summed E-state index contributed by atoms with van der Waals surface area (Å²) in [6.07, 6.45) is 2.04. The lowest BCUT2D eigenvalue weighted by atomic mass is 10.1. The summed E-state index contributed by atoms with van der Waals surface area (Å²) in [5.74, 6) is 1.09. The average Bonchev–Trinajstić information content (AvgIpc) is 3.14. The van der Waals surface area contributed by atoms with Crippen molar-refractivity contribution in [2.45, 2.75) is 6.92 Å². The molecule has 0 radical (unpaired) electrons. The van der Waals surface area contributed by atoms with Crippen molar-refractivity contribution >= 4 is 28.8 Å². The van der Waals surface area contributed by atoms with Crippen LogP contribution in [0.2, 0.25) is 5.02 Å². The van der Waals surface area contributed by atoms with Gasteiger partial charge in [-0.15, -0.1) is 0 Å². The second-order valence-corrected chi connectivity index (χ2v) is 7.17. The predicted octanol–water partition coefficient (Wildman–Crippen LogP) is 2.11. The third-order valence-electron chi connectivity index (χ3n) is 5.15. The minimum absolute atomic E-state index is 0.804. The molecule has 1 aromatic carbocycles. The van der Waals surface area contributed by atoms with E-state index in [0.29, 0.717) is 0 Å². The highest BCUT2D eigenvalue weighted by atomic mass is 35.5. The summed E-state index contributed by atoms with van der Waals surface area (Å²) in [6, 6.07) is 6.14. The Hall–Kier alpha value is -1.92. The number of anilines is 3. The van der Waals surface area contributed by atoms with E-state index in [2.05, 4.69) is 49.3 Å². The standard InChI is InChI=1S/C18H25ClN6/c1-14-2-3-15(19)12-16(14)23-8-10-24(11-9-23)17-13-21-22-18(17)25-6-4-20-5-7-25/h2-3,12-13,20H,4-11H2,1H3,(H,21,22). The molecule has 4 rings (SSSR count). The lowest BCUT2D eigenvalue weighted by Gasteiger charge is -2.38. The van der Waals surface area contributed by atoms with E-state index in [1.807, 2.05) is 12.3 Å². The van der Waals surface area contributed by atoms with Gasteiger partial charge in [0, 0.05) is 69.3 Å². The number of hydrogen-bond acceptors (Lipinski definition) is 5. The molecule has 0 bridgehead atoms. The van der Waals surface area contributed by atoms with Gasteiger partial charge in [-0.25, -0.2) is 0 Å². The van der Waals surface area contributed by atoms with Crippen molar-refractivity contribution in [2.24, 2.45) is 0 Å². The molecule has 2 N–H and O–H groups in total. The largest absolute Gasteiger partial charge is 0.368 e. The first kappa shape index (κ1) is 16.5. The molecule has 2 aliphatic rings.